The Hall–Kier alpha value is -0.570. The van der Waals surface area contributed by atoms with E-state index in [1.165, 1.54) is 6.42 Å². The van der Waals surface area contributed by atoms with Gasteiger partial charge in [0.15, 0.2) is 0 Å². The van der Waals surface area contributed by atoms with Crippen molar-refractivity contribution in [3.05, 3.63) is 0 Å². The molecule has 1 aliphatic heterocycles. The molecule has 0 aromatic rings. The number of nitrogens with zero attached hydrogens (tertiary/aromatic N) is 1. The predicted molar refractivity (Wildman–Crippen MR) is 65.3 cm³/mol. The van der Waals surface area contributed by atoms with Crippen molar-refractivity contribution in [3.63, 3.8) is 0 Å². The molecule has 0 bridgehead atoms. The van der Waals surface area contributed by atoms with Crippen molar-refractivity contribution in [3.8, 4) is 0 Å². The molecule has 1 fully saturated rings. The summed E-state index contributed by atoms with van der Waals surface area (Å²) in [5.41, 5.74) is 0.216. The minimum Gasteiger partial charge on any atom is -0.466 e. The zero-order chi connectivity index (χ0) is 12.2. The second-order valence-corrected chi connectivity index (χ2v) is 5.63. The maximum atomic E-state index is 11.4. The molecule has 1 aliphatic rings. The molecule has 0 saturated carbocycles. The topological polar surface area (TPSA) is 29.5 Å². The van der Waals surface area contributed by atoms with Gasteiger partial charge in [0, 0.05) is 18.5 Å². The van der Waals surface area contributed by atoms with Gasteiger partial charge in [-0.1, -0.05) is 0 Å². The van der Waals surface area contributed by atoms with E-state index in [1.54, 1.807) is 0 Å². The third-order valence-corrected chi connectivity index (χ3v) is 3.23. The number of rotatable bonds is 3. The lowest BCUT2D eigenvalue weighted by atomic mass is 9.91. The van der Waals surface area contributed by atoms with Crippen LogP contribution in [0.4, 0.5) is 0 Å². The maximum Gasteiger partial charge on any atom is 0.306 e. The number of piperidine rings is 1. The fraction of sp³-hybridized carbons (Fsp3) is 0.923. The van der Waals surface area contributed by atoms with Gasteiger partial charge < -0.3 is 4.74 Å². The summed E-state index contributed by atoms with van der Waals surface area (Å²) in [6.07, 6.45) is 2.94. The van der Waals surface area contributed by atoms with E-state index in [1.807, 2.05) is 6.92 Å². The van der Waals surface area contributed by atoms with Crippen molar-refractivity contribution >= 4 is 5.97 Å². The van der Waals surface area contributed by atoms with Gasteiger partial charge >= 0.3 is 5.97 Å². The van der Waals surface area contributed by atoms with Crippen molar-refractivity contribution in [2.75, 3.05) is 19.7 Å². The van der Waals surface area contributed by atoms with Gasteiger partial charge in [-0.25, -0.2) is 0 Å². The summed E-state index contributed by atoms with van der Waals surface area (Å²) >= 11 is 0. The second-order valence-electron chi connectivity index (χ2n) is 5.63. The zero-order valence-corrected chi connectivity index (χ0v) is 11.1. The van der Waals surface area contributed by atoms with Crippen LogP contribution in [0.3, 0.4) is 0 Å². The van der Waals surface area contributed by atoms with Gasteiger partial charge in [0.05, 0.1) is 6.61 Å². The summed E-state index contributed by atoms with van der Waals surface area (Å²) in [7, 11) is 0. The predicted octanol–water partition coefficient (Wildman–Crippen LogP) is 2.45. The van der Waals surface area contributed by atoms with E-state index < -0.39 is 0 Å². The van der Waals surface area contributed by atoms with E-state index in [4.69, 9.17) is 4.74 Å². The van der Waals surface area contributed by atoms with Gasteiger partial charge in [-0.15, -0.1) is 0 Å². The number of carbonyl (C=O) groups excluding carboxylic acids is 1. The normalized spacial score (nSPS) is 23.1. The average molecular weight is 227 g/mol. The van der Waals surface area contributed by atoms with Crippen molar-refractivity contribution in [1.82, 2.24) is 4.90 Å². The lowest BCUT2D eigenvalue weighted by Crippen LogP contribution is -2.47. The molecule has 0 aliphatic carbocycles. The van der Waals surface area contributed by atoms with Gasteiger partial charge in [-0.2, -0.15) is 0 Å². The van der Waals surface area contributed by atoms with Gasteiger partial charge in [0.25, 0.3) is 0 Å². The molecule has 1 heterocycles. The Morgan fingerprint density at radius 2 is 2.12 bits per heavy atom. The van der Waals surface area contributed by atoms with Gasteiger partial charge in [-0.3, -0.25) is 9.69 Å². The number of ether oxygens (including phenoxy) is 1. The van der Waals surface area contributed by atoms with E-state index in [0.29, 0.717) is 18.9 Å². The van der Waals surface area contributed by atoms with Crippen LogP contribution in [0.2, 0.25) is 0 Å². The number of hydrogen-bond acceptors (Lipinski definition) is 3. The minimum atomic E-state index is -0.0386. The molecule has 1 atom stereocenters. The van der Waals surface area contributed by atoms with Crippen LogP contribution in [0.5, 0.6) is 0 Å². The molecule has 1 saturated heterocycles. The minimum absolute atomic E-state index is 0.0386. The highest BCUT2D eigenvalue weighted by atomic mass is 16.5. The molecular weight excluding hydrogens is 202 g/mol. The average Bonchev–Trinajstić information content (AvgIpc) is 2.17. The molecule has 3 heteroatoms. The standard InChI is InChI=1S/C13H25NO2/c1-5-16-12(15)9-11-7-6-8-14(10-11)13(2,3)4/h11H,5-10H2,1-4H3. The molecule has 0 radical (unpaired) electrons. The Kier molecular flexibility index (Phi) is 4.78. The lowest BCUT2D eigenvalue weighted by molar-refractivity contribution is -0.144. The summed E-state index contributed by atoms with van der Waals surface area (Å²) in [5, 5.41) is 0. The highest BCUT2D eigenvalue weighted by Gasteiger charge is 2.28. The van der Waals surface area contributed by atoms with Gasteiger partial charge in [0.1, 0.15) is 0 Å². The Morgan fingerprint density at radius 1 is 1.44 bits per heavy atom. The molecule has 0 spiro atoms. The number of carbonyl (C=O) groups is 1. The van der Waals surface area contributed by atoms with E-state index in [9.17, 15) is 4.79 Å². The maximum absolute atomic E-state index is 11.4. The molecule has 16 heavy (non-hydrogen) atoms. The van der Waals surface area contributed by atoms with Crippen LogP contribution in [0, 0.1) is 5.92 Å². The van der Waals surface area contributed by atoms with Crippen LogP contribution >= 0.6 is 0 Å². The van der Waals surface area contributed by atoms with Crippen LogP contribution in [-0.2, 0) is 9.53 Å². The first-order chi connectivity index (χ1) is 7.43. The monoisotopic (exact) mass is 227 g/mol. The molecule has 0 N–H and O–H groups in total. The summed E-state index contributed by atoms with van der Waals surface area (Å²) in [6.45, 7) is 11.2. The molecule has 1 unspecified atom stereocenters. The van der Waals surface area contributed by atoms with Crippen LogP contribution in [0.25, 0.3) is 0 Å². The first-order valence-electron chi connectivity index (χ1n) is 6.34. The van der Waals surface area contributed by atoms with Crippen molar-refractivity contribution in [2.45, 2.75) is 52.5 Å². The smallest absolute Gasteiger partial charge is 0.306 e. The van der Waals surface area contributed by atoms with Crippen LogP contribution in [-0.4, -0.2) is 36.1 Å². The largest absolute Gasteiger partial charge is 0.466 e. The fourth-order valence-corrected chi connectivity index (χ4v) is 2.30. The molecule has 0 aromatic heterocycles. The van der Waals surface area contributed by atoms with Crippen LogP contribution in [0.15, 0.2) is 0 Å². The molecule has 3 nitrogen and oxygen atoms in total. The van der Waals surface area contributed by atoms with E-state index >= 15 is 0 Å². The number of hydrogen-bond donors (Lipinski definition) is 0. The quantitative estimate of drug-likeness (QED) is 0.694. The van der Waals surface area contributed by atoms with Gasteiger partial charge in [0.2, 0.25) is 0 Å². The summed E-state index contributed by atoms with van der Waals surface area (Å²) < 4.78 is 5.01. The lowest BCUT2D eigenvalue weighted by Gasteiger charge is -2.41. The van der Waals surface area contributed by atoms with Crippen molar-refractivity contribution in [2.24, 2.45) is 5.92 Å². The molecule has 1 rings (SSSR count). The highest BCUT2D eigenvalue weighted by Crippen LogP contribution is 2.25. The van der Waals surface area contributed by atoms with Crippen molar-refractivity contribution in [1.29, 1.82) is 0 Å². The summed E-state index contributed by atoms with van der Waals surface area (Å²) in [4.78, 5) is 13.9. The number of esters is 1. The Balaban J connectivity index is 2.42. The third-order valence-electron chi connectivity index (χ3n) is 3.23. The van der Waals surface area contributed by atoms with E-state index in [-0.39, 0.29) is 11.5 Å². The van der Waals surface area contributed by atoms with E-state index in [2.05, 4.69) is 25.7 Å². The number of likely N-dealkylation sites (tertiary alicyclic amines) is 1. The highest BCUT2D eigenvalue weighted by molar-refractivity contribution is 5.69. The zero-order valence-electron chi connectivity index (χ0n) is 11.1. The fourth-order valence-electron chi connectivity index (χ4n) is 2.30. The third kappa shape index (κ3) is 4.12. The second kappa shape index (κ2) is 5.67. The molecule has 94 valence electrons. The van der Waals surface area contributed by atoms with Crippen molar-refractivity contribution < 1.29 is 9.53 Å². The first kappa shape index (κ1) is 13.5. The summed E-state index contributed by atoms with van der Waals surface area (Å²) in [5.74, 6) is 0.440. The van der Waals surface area contributed by atoms with Gasteiger partial charge in [-0.05, 0) is 53.0 Å². The Bertz CT molecular complexity index is 233. The molecular formula is C13H25NO2. The van der Waals surface area contributed by atoms with Crippen LogP contribution < -0.4 is 0 Å². The Labute approximate surface area is 99.1 Å². The van der Waals surface area contributed by atoms with E-state index in [0.717, 1.165) is 19.5 Å². The molecule has 0 amide bonds. The first-order valence-corrected chi connectivity index (χ1v) is 6.34. The Morgan fingerprint density at radius 3 is 2.69 bits per heavy atom. The SMILES string of the molecule is CCOC(=O)CC1CCCN(C(C)(C)C)C1. The molecule has 0 aromatic carbocycles. The van der Waals surface area contributed by atoms with Crippen LogP contribution in [0.1, 0.15) is 47.0 Å². The summed E-state index contributed by atoms with van der Waals surface area (Å²) in [6, 6.07) is 0.